The summed E-state index contributed by atoms with van der Waals surface area (Å²) >= 11 is 0. The van der Waals surface area contributed by atoms with E-state index in [1.54, 1.807) is 0 Å². The molecule has 1 unspecified atom stereocenters. The van der Waals surface area contributed by atoms with Gasteiger partial charge in [0.25, 0.3) is 0 Å². The van der Waals surface area contributed by atoms with Crippen LogP contribution in [0.1, 0.15) is 0 Å². The molecular weight excluding hydrogens is 181 g/mol. The predicted octanol–water partition coefficient (Wildman–Crippen LogP) is 0.835. The number of rotatable bonds is 0. The molecule has 1 heterocycles. The Morgan fingerprint density at radius 3 is 2.31 bits per heavy atom. The molecule has 1 saturated heterocycles. The summed E-state index contributed by atoms with van der Waals surface area (Å²) in [7, 11) is 0. The number of carbonyl (C=O) groups is 1. The Kier molecular flexibility index (Phi) is 1.57. The summed E-state index contributed by atoms with van der Waals surface area (Å²) in [5.41, 5.74) is 0. The molecule has 1 atom stereocenters. The smallest absolute Gasteiger partial charge is 0.365 e. The second-order valence-electron chi connectivity index (χ2n) is 1.99. The molecule has 0 aliphatic carbocycles. The minimum Gasteiger partial charge on any atom is -0.365 e. The Morgan fingerprint density at radius 2 is 2.00 bits per heavy atom. The maximum Gasteiger partial charge on any atom is 0.749 e. The second kappa shape index (κ2) is 2.33. The van der Waals surface area contributed by atoms with Crippen molar-refractivity contribution < 1.29 is 18.7 Å². The summed E-state index contributed by atoms with van der Waals surface area (Å²) in [6, 6.07) is 0.901. The zero-order valence-electron chi connectivity index (χ0n) is 5.94. The molecular formula is C6FN3O3. The van der Waals surface area contributed by atoms with Crippen molar-refractivity contribution in [2.24, 2.45) is 0 Å². The Bertz CT molecular complexity index is 373. The summed E-state index contributed by atoms with van der Waals surface area (Å²) in [5, 5.41) is 8.27. The van der Waals surface area contributed by atoms with Crippen LogP contribution in [0.3, 0.4) is 0 Å². The Balaban J connectivity index is 3.29. The van der Waals surface area contributed by atoms with Crippen LogP contribution in [-0.2, 0) is 9.47 Å². The first-order valence-electron chi connectivity index (χ1n) is 2.83. The number of cyclic esters (lactones) is 2. The molecule has 0 N–H and O–H groups in total. The van der Waals surface area contributed by atoms with Crippen molar-refractivity contribution >= 4 is 6.16 Å². The Labute approximate surface area is 71.7 Å². The number of hydrogen-bond acceptors (Lipinski definition) is 4. The molecule has 1 fully saturated rings. The van der Waals surface area contributed by atoms with E-state index in [2.05, 4.69) is 19.2 Å². The molecule has 0 aromatic carbocycles. The molecule has 1 aliphatic heterocycles. The molecule has 13 heavy (non-hydrogen) atoms. The Hall–Kier alpha value is -2.33. The first-order chi connectivity index (χ1) is 6.03. The van der Waals surface area contributed by atoms with Crippen molar-refractivity contribution in [1.82, 2.24) is 0 Å². The highest BCUT2D eigenvalue weighted by atomic mass is 19.2. The van der Waals surface area contributed by atoms with Gasteiger partial charge in [-0.1, -0.05) is 0 Å². The molecule has 0 radical (unpaired) electrons. The van der Waals surface area contributed by atoms with Crippen molar-refractivity contribution in [2.45, 2.75) is 11.7 Å². The second-order valence-corrected chi connectivity index (χ2v) is 1.99. The van der Waals surface area contributed by atoms with Crippen LogP contribution in [0.5, 0.6) is 0 Å². The molecule has 6 nitrogen and oxygen atoms in total. The molecule has 1 rings (SSSR count). The lowest BCUT2D eigenvalue weighted by atomic mass is 10.2. The first-order valence-corrected chi connectivity index (χ1v) is 2.83. The lowest BCUT2D eigenvalue weighted by molar-refractivity contribution is -0.0565. The lowest BCUT2D eigenvalue weighted by Gasteiger charge is -2.04. The summed E-state index contributed by atoms with van der Waals surface area (Å²) in [4.78, 5) is 15.3. The fourth-order valence-corrected chi connectivity index (χ4v) is 0.694. The zero-order valence-corrected chi connectivity index (χ0v) is 5.94. The number of halogens is 1. The fraction of sp³-hybridized carbons (Fsp3) is 0.333. The van der Waals surface area contributed by atoms with Gasteiger partial charge in [0.05, 0.1) is 0 Å². The van der Waals surface area contributed by atoms with Gasteiger partial charge in [-0.3, -0.25) is 4.74 Å². The van der Waals surface area contributed by atoms with Crippen molar-refractivity contribution in [2.75, 3.05) is 0 Å². The van der Waals surface area contributed by atoms with Gasteiger partial charge in [-0.15, -0.1) is 0 Å². The number of nitriles is 1. The minimum atomic E-state index is -3.35. The van der Waals surface area contributed by atoms with Gasteiger partial charge in [-0.2, -0.15) is 19.3 Å². The standard InChI is InChI=1S/C6FN3O3/c1-9-6(10-2)5(7,3-8)12-4(11)13-6. The van der Waals surface area contributed by atoms with E-state index in [0.29, 0.717) is 0 Å². The monoisotopic (exact) mass is 181 g/mol. The number of ether oxygens (including phenoxy) is 2. The van der Waals surface area contributed by atoms with Crippen molar-refractivity contribution in [3.8, 4) is 6.07 Å². The molecule has 0 aromatic rings. The third kappa shape index (κ3) is 0.863. The van der Waals surface area contributed by atoms with Gasteiger partial charge in [-0.05, 0) is 0 Å². The van der Waals surface area contributed by atoms with Crippen LogP contribution in [0, 0.1) is 24.5 Å². The molecule has 0 aromatic heterocycles. The number of nitrogens with zero attached hydrogens (tertiary/aromatic N) is 3. The van der Waals surface area contributed by atoms with E-state index in [-0.39, 0.29) is 0 Å². The number of carbonyl (C=O) groups excluding carboxylic acids is 1. The van der Waals surface area contributed by atoms with E-state index in [4.69, 9.17) is 18.4 Å². The Morgan fingerprint density at radius 1 is 1.46 bits per heavy atom. The molecule has 64 valence electrons. The molecule has 7 heteroatoms. The highest BCUT2D eigenvalue weighted by Gasteiger charge is 2.82. The van der Waals surface area contributed by atoms with Crippen LogP contribution in [0.15, 0.2) is 0 Å². The average molecular weight is 181 g/mol. The van der Waals surface area contributed by atoms with Crippen molar-refractivity contribution in [3.63, 3.8) is 0 Å². The highest BCUT2D eigenvalue weighted by molar-refractivity contribution is 5.66. The summed E-state index contributed by atoms with van der Waals surface area (Å²) in [6.45, 7) is 12.9. The first kappa shape index (κ1) is 8.76. The SMILES string of the molecule is [C-]#[N+]C1([N+]#[C-])OC(=O)OC1(F)C#N. The fourth-order valence-electron chi connectivity index (χ4n) is 0.694. The van der Waals surface area contributed by atoms with E-state index < -0.39 is 17.9 Å². The topological polar surface area (TPSA) is 68.0 Å². The van der Waals surface area contributed by atoms with Crippen LogP contribution in [0.4, 0.5) is 9.18 Å². The van der Waals surface area contributed by atoms with Gasteiger partial charge in [0.1, 0.15) is 0 Å². The van der Waals surface area contributed by atoms with Gasteiger partial charge in [0.15, 0.2) is 6.07 Å². The van der Waals surface area contributed by atoms with E-state index in [1.165, 1.54) is 0 Å². The molecule has 0 amide bonds. The van der Waals surface area contributed by atoms with Gasteiger partial charge >= 0.3 is 17.9 Å². The number of hydrogen-bond donors (Lipinski definition) is 0. The maximum atomic E-state index is 13.3. The largest absolute Gasteiger partial charge is 0.749 e. The van der Waals surface area contributed by atoms with Crippen molar-refractivity contribution in [3.05, 3.63) is 22.8 Å². The van der Waals surface area contributed by atoms with Crippen LogP contribution in [0.2, 0.25) is 0 Å². The summed E-state index contributed by atoms with van der Waals surface area (Å²) < 4.78 is 21.0. The van der Waals surface area contributed by atoms with E-state index >= 15 is 0 Å². The van der Waals surface area contributed by atoms with Gasteiger partial charge in [-0.25, -0.2) is 17.9 Å². The van der Waals surface area contributed by atoms with Gasteiger partial charge < -0.3 is 4.74 Å². The minimum absolute atomic E-state index is 0.901. The van der Waals surface area contributed by atoms with Crippen LogP contribution < -0.4 is 0 Å². The number of alkyl halides is 1. The summed E-state index contributed by atoms with van der Waals surface area (Å²) in [6.07, 6.45) is -1.55. The van der Waals surface area contributed by atoms with Crippen LogP contribution >= 0.6 is 0 Å². The molecule has 0 saturated carbocycles. The van der Waals surface area contributed by atoms with Gasteiger partial charge in [0, 0.05) is 0 Å². The maximum absolute atomic E-state index is 13.3. The third-order valence-corrected chi connectivity index (χ3v) is 1.32. The quantitative estimate of drug-likeness (QED) is 0.410. The van der Waals surface area contributed by atoms with E-state index in [0.717, 1.165) is 6.07 Å². The lowest BCUT2D eigenvalue weighted by Crippen LogP contribution is -2.41. The molecule has 0 bridgehead atoms. The zero-order chi connectivity index (χ0) is 10.1. The van der Waals surface area contributed by atoms with Crippen LogP contribution in [0.25, 0.3) is 9.69 Å². The molecule has 1 aliphatic rings. The van der Waals surface area contributed by atoms with Gasteiger partial charge in [0.2, 0.25) is 0 Å². The third-order valence-electron chi connectivity index (χ3n) is 1.32. The van der Waals surface area contributed by atoms with Crippen molar-refractivity contribution in [1.29, 1.82) is 5.26 Å². The van der Waals surface area contributed by atoms with E-state index in [1.807, 2.05) is 0 Å². The average Bonchev–Trinajstić information content (AvgIpc) is 2.39. The molecule has 0 spiro atoms. The van der Waals surface area contributed by atoms with E-state index in [9.17, 15) is 9.18 Å². The predicted molar refractivity (Wildman–Crippen MR) is 33.0 cm³/mol. The summed E-state index contributed by atoms with van der Waals surface area (Å²) in [5.74, 6) is -6.22. The van der Waals surface area contributed by atoms with Crippen LogP contribution in [-0.4, -0.2) is 17.9 Å². The normalized spacial score (nSPS) is 28.9. The highest BCUT2D eigenvalue weighted by Crippen LogP contribution is 2.40.